The van der Waals surface area contributed by atoms with Crippen molar-refractivity contribution >= 4 is 0 Å². The van der Waals surface area contributed by atoms with Crippen LogP contribution in [-0.4, -0.2) is 12.2 Å². The van der Waals surface area contributed by atoms with E-state index in [2.05, 4.69) is 38.1 Å². The Morgan fingerprint density at radius 3 is 2.00 bits per heavy atom. The van der Waals surface area contributed by atoms with Gasteiger partial charge in [0, 0.05) is 7.11 Å². The minimum Gasteiger partial charge on any atom is -0.400 e. The van der Waals surface area contributed by atoms with Crippen molar-refractivity contribution in [2.45, 2.75) is 34.1 Å². The molecule has 0 saturated carbocycles. The number of aliphatic hydroxyl groups is 1. The Kier molecular flexibility index (Phi) is 12.6. The maximum Gasteiger partial charge on any atom is 0.0319 e. The molecule has 0 aliphatic heterocycles. The van der Waals surface area contributed by atoms with E-state index in [0.717, 1.165) is 13.5 Å². The summed E-state index contributed by atoms with van der Waals surface area (Å²) in [5.41, 5.74) is 2.78. The van der Waals surface area contributed by atoms with Gasteiger partial charge < -0.3 is 5.11 Å². The summed E-state index contributed by atoms with van der Waals surface area (Å²) in [6, 6.07) is 8.61. The highest BCUT2D eigenvalue weighted by Gasteiger charge is 1.85. The van der Waals surface area contributed by atoms with Crippen LogP contribution in [0, 0.1) is 6.92 Å². The second-order valence-electron chi connectivity index (χ2n) is 2.34. The molecule has 0 atom stereocenters. The average Bonchev–Trinajstić information content (AvgIpc) is 2.24. The third-order valence-corrected chi connectivity index (χ3v) is 1.49. The smallest absolute Gasteiger partial charge is 0.0319 e. The summed E-state index contributed by atoms with van der Waals surface area (Å²) in [6.45, 7) is 8.30. The van der Waals surface area contributed by atoms with Gasteiger partial charge in [-0.25, -0.2) is 0 Å². The van der Waals surface area contributed by atoms with Crippen LogP contribution in [-0.2, 0) is 6.42 Å². The maximum absolute atomic E-state index is 7.00. The number of aryl methyl sites for hydroxylation is 2. The minimum absolute atomic E-state index is 1.00. The van der Waals surface area contributed by atoms with Crippen molar-refractivity contribution in [3.8, 4) is 0 Å². The van der Waals surface area contributed by atoms with Crippen LogP contribution in [0.3, 0.4) is 0 Å². The minimum atomic E-state index is 1.00. The van der Waals surface area contributed by atoms with Gasteiger partial charge in [0.05, 0.1) is 0 Å². The van der Waals surface area contributed by atoms with Gasteiger partial charge in [-0.15, -0.1) is 0 Å². The molecule has 1 N–H and O–H groups in total. The van der Waals surface area contributed by atoms with E-state index in [4.69, 9.17) is 5.11 Å². The van der Waals surface area contributed by atoms with Crippen molar-refractivity contribution in [2.75, 3.05) is 7.11 Å². The molecule has 0 amide bonds. The summed E-state index contributed by atoms with van der Waals surface area (Å²) in [4.78, 5) is 0. The first-order valence-electron chi connectivity index (χ1n) is 4.83. The van der Waals surface area contributed by atoms with Crippen molar-refractivity contribution in [1.82, 2.24) is 0 Å². The molecule has 0 bridgehead atoms. The molecule has 0 saturated heterocycles. The molecule has 1 rings (SSSR count). The average molecular weight is 182 g/mol. The lowest BCUT2D eigenvalue weighted by Crippen LogP contribution is -1.78. The zero-order valence-corrected chi connectivity index (χ0v) is 9.46. The Morgan fingerprint density at radius 2 is 1.69 bits per heavy atom. The molecule has 0 heterocycles. The van der Waals surface area contributed by atoms with Crippen LogP contribution >= 0.6 is 0 Å². The molecule has 0 aliphatic carbocycles. The summed E-state index contributed by atoms with van der Waals surface area (Å²) in [7, 11) is 1.00. The molecule has 76 valence electrons. The van der Waals surface area contributed by atoms with E-state index in [0.29, 0.717) is 0 Å². The number of benzene rings is 1. The molecule has 0 spiro atoms. The van der Waals surface area contributed by atoms with Gasteiger partial charge in [0.2, 0.25) is 0 Å². The molecular formula is C12H22O. The molecular weight excluding hydrogens is 160 g/mol. The highest BCUT2D eigenvalue weighted by atomic mass is 16.2. The number of hydrogen-bond acceptors (Lipinski definition) is 1. The van der Waals surface area contributed by atoms with Crippen LogP contribution in [0.4, 0.5) is 0 Å². The van der Waals surface area contributed by atoms with Gasteiger partial charge in [0.15, 0.2) is 0 Å². The highest BCUT2D eigenvalue weighted by Crippen LogP contribution is 2.03. The zero-order chi connectivity index (χ0) is 10.7. The van der Waals surface area contributed by atoms with Gasteiger partial charge in [-0.05, 0) is 18.9 Å². The summed E-state index contributed by atoms with van der Waals surface area (Å²) in [6.07, 6.45) is 1.14. The monoisotopic (exact) mass is 182 g/mol. The van der Waals surface area contributed by atoms with E-state index in [1.807, 2.05) is 13.8 Å². The van der Waals surface area contributed by atoms with Crippen molar-refractivity contribution in [1.29, 1.82) is 0 Å². The largest absolute Gasteiger partial charge is 0.400 e. The topological polar surface area (TPSA) is 20.2 Å². The molecule has 13 heavy (non-hydrogen) atoms. The third-order valence-electron chi connectivity index (χ3n) is 1.49. The molecule has 0 fully saturated rings. The van der Waals surface area contributed by atoms with E-state index < -0.39 is 0 Å². The highest BCUT2D eigenvalue weighted by molar-refractivity contribution is 5.21. The van der Waals surface area contributed by atoms with Crippen molar-refractivity contribution in [3.05, 3.63) is 35.4 Å². The Hall–Kier alpha value is -0.820. The van der Waals surface area contributed by atoms with Crippen LogP contribution in [0.15, 0.2) is 24.3 Å². The van der Waals surface area contributed by atoms with E-state index >= 15 is 0 Å². The van der Waals surface area contributed by atoms with Gasteiger partial charge in [-0.2, -0.15) is 0 Å². The molecule has 1 nitrogen and oxygen atoms in total. The van der Waals surface area contributed by atoms with Crippen LogP contribution in [0.1, 0.15) is 31.9 Å². The third kappa shape index (κ3) is 7.54. The lowest BCUT2D eigenvalue weighted by Gasteiger charge is -1.95. The lowest BCUT2D eigenvalue weighted by atomic mass is 10.1. The van der Waals surface area contributed by atoms with Gasteiger partial charge in [-0.3, -0.25) is 0 Å². The SMILES string of the molecule is CC.CCc1cccc(C)c1.CO. The van der Waals surface area contributed by atoms with Crippen LogP contribution in [0.25, 0.3) is 0 Å². The molecule has 0 radical (unpaired) electrons. The first kappa shape index (κ1) is 14.7. The fraction of sp³-hybridized carbons (Fsp3) is 0.500. The zero-order valence-electron chi connectivity index (χ0n) is 9.46. The summed E-state index contributed by atoms with van der Waals surface area (Å²) < 4.78 is 0. The fourth-order valence-electron chi connectivity index (χ4n) is 0.932. The lowest BCUT2D eigenvalue weighted by molar-refractivity contribution is 0.399. The van der Waals surface area contributed by atoms with Crippen molar-refractivity contribution in [3.63, 3.8) is 0 Å². The van der Waals surface area contributed by atoms with E-state index in [1.165, 1.54) is 11.1 Å². The summed E-state index contributed by atoms with van der Waals surface area (Å²) in [5, 5.41) is 7.00. The van der Waals surface area contributed by atoms with Crippen LogP contribution in [0.5, 0.6) is 0 Å². The van der Waals surface area contributed by atoms with Gasteiger partial charge in [0.25, 0.3) is 0 Å². The quantitative estimate of drug-likeness (QED) is 0.707. The number of aliphatic hydroxyl groups excluding tert-OH is 1. The first-order chi connectivity index (χ1) is 6.33. The first-order valence-corrected chi connectivity index (χ1v) is 4.83. The normalized spacial score (nSPS) is 7.54. The van der Waals surface area contributed by atoms with Gasteiger partial charge >= 0.3 is 0 Å². The maximum atomic E-state index is 7.00. The molecule has 0 aliphatic rings. The van der Waals surface area contributed by atoms with Crippen molar-refractivity contribution in [2.24, 2.45) is 0 Å². The second-order valence-corrected chi connectivity index (χ2v) is 2.34. The standard InChI is InChI=1S/C9H12.C2H6.CH4O/c1-3-9-6-4-5-8(2)7-9;2*1-2/h4-7H,3H2,1-2H3;1-2H3;2H,1H3. The van der Waals surface area contributed by atoms with Crippen LogP contribution < -0.4 is 0 Å². The van der Waals surface area contributed by atoms with E-state index in [-0.39, 0.29) is 0 Å². The summed E-state index contributed by atoms with van der Waals surface area (Å²) >= 11 is 0. The predicted molar refractivity (Wildman–Crippen MR) is 60.0 cm³/mol. The summed E-state index contributed by atoms with van der Waals surface area (Å²) in [5.74, 6) is 0. The Bertz CT molecular complexity index is 194. The number of hydrogen-bond donors (Lipinski definition) is 1. The van der Waals surface area contributed by atoms with Gasteiger partial charge in [0.1, 0.15) is 0 Å². The predicted octanol–water partition coefficient (Wildman–Crippen LogP) is 3.19. The van der Waals surface area contributed by atoms with E-state index in [9.17, 15) is 0 Å². The molecule has 1 aromatic carbocycles. The van der Waals surface area contributed by atoms with Crippen molar-refractivity contribution < 1.29 is 5.11 Å². The van der Waals surface area contributed by atoms with E-state index in [1.54, 1.807) is 0 Å². The molecule has 0 aromatic heterocycles. The molecule has 1 heteroatoms. The Morgan fingerprint density at radius 1 is 1.15 bits per heavy atom. The van der Waals surface area contributed by atoms with Crippen LogP contribution in [0.2, 0.25) is 0 Å². The van der Waals surface area contributed by atoms with Gasteiger partial charge in [-0.1, -0.05) is 50.6 Å². The second kappa shape index (κ2) is 11.2. The fourth-order valence-corrected chi connectivity index (χ4v) is 0.932. The Balaban J connectivity index is 0. The number of rotatable bonds is 1. The molecule has 0 unspecified atom stereocenters. The Labute approximate surface area is 82.4 Å². The molecule has 1 aromatic rings.